The molecule has 0 unspecified atom stereocenters. The van der Waals surface area contributed by atoms with Crippen molar-refractivity contribution >= 4 is 16.6 Å². The molecule has 28 heavy (non-hydrogen) atoms. The summed E-state index contributed by atoms with van der Waals surface area (Å²) in [7, 11) is 0. The highest BCUT2D eigenvalue weighted by Crippen LogP contribution is 2.29. The minimum Gasteiger partial charge on any atom is -0.485 e. The van der Waals surface area contributed by atoms with Gasteiger partial charge in [-0.25, -0.2) is 13.8 Å². The Balaban J connectivity index is 1.58. The number of hydrogen-bond acceptors (Lipinski definition) is 5. The number of nitrogens with zero attached hydrogens (tertiary/aromatic N) is 4. The van der Waals surface area contributed by atoms with Gasteiger partial charge in [0.25, 0.3) is 0 Å². The fourth-order valence-electron chi connectivity index (χ4n) is 3.47. The Bertz CT molecular complexity index is 1160. The minimum atomic E-state index is -1.07. The minimum absolute atomic E-state index is 0.288. The molecule has 3 aromatic heterocycles. The van der Waals surface area contributed by atoms with Crippen LogP contribution in [0.4, 0.5) is 8.78 Å². The highest BCUT2D eigenvalue weighted by molar-refractivity contribution is 5.86. The van der Waals surface area contributed by atoms with Gasteiger partial charge in [0.2, 0.25) is 0 Å². The average Bonchev–Trinajstić information content (AvgIpc) is 3.12. The molecule has 1 aliphatic rings. The SMILES string of the molecule is Fc1ccn2c(-c3ccc4cccc(O[C@@H]5CCNC[C@@H]5F)c4n3)nnc2c1. The molecule has 142 valence electrons. The van der Waals surface area contributed by atoms with E-state index >= 15 is 0 Å². The zero-order valence-electron chi connectivity index (χ0n) is 14.8. The maximum absolute atomic E-state index is 14.2. The van der Waals surface area contributed by atoms with Crippen molar-refractivity contribution in [2.75, 3.05) is 13.1 Å². The van der Waals surface area contributed by atoms with Gasteiger partial charge < -0.3 is 10.1 Å². The Labute approximate surface area is 159 Å². The third kappa shape index (κ3) is 2.95. The quantitative estimate of drug-likeness (QED) is 0.591. The van der Waals surface area contributed by atoms with Crippen molar-refractivity contribution in [3.8, 4) is 17.3 Å². The molecule has 0 radical (unpaired) electrons. The number of halogens is 2. The summed E-state index contributed by atoms with van der Waals surface area (Å²) in [6.45, 7) is 1.01. The summed E-state index contributed by atoms with van der Waals surface area (Å²) >= 11 is 0. The predicted molar refractivity (Wildman–Crippen MR) is 100 cm³/mol. The molecule has 2 atom stereocenters. The van der Waals surface area contributed by atoms with E-state index in [0.29, 0.717) is 34.9 Å². The van der Waals surface area contributed by atoms with E-state index in [2.05, 4.69) is 15.5 Å². The van der Waals surface area contributed by atoms with Gasteiger partial charge in [-0.3, -0.25) is 4.40 Å². The van der Waals surface area contributed by atoms with Crippen LogP contribution in [0.1, 0.15) is 6.42 Å². The second-order valence-corrected chi connectivity index (χ2v) is 6.79. The molecule has 1 N–H and O–H groups in total. The van der Waals surface area contributed by atoms with Crippen LogP contribution in [-0.2, 0) is 0 Å². The van der Waals surface area contributed by atoms with E-state index in [1.165, 1.54) is 12.1 Å². The summed E-state index contributed by atoms with van der Waals surface area (Å²) in [5.41, 5.74) is 1.60. The number of rotatable bonds is 3. The van der Waals surface area contributed by atoms with E-state index in [1.807, 2.05) is 24.3 Å². The lowest BCUT2D eigenvalue weighted by atomic mass is 10.1. The van der Waals surface area contributed by atoms with Gasteiger partial charge in [0, 0.05) is 24.2 Å². The molecular weight excluding hydrogens is 364 g/mol. The van der Waals surface area contributed by atoms with Crippen LogP contribution in [0.15, 0.2) is 48.7 Å². The van der Waals surface area contributed by atoms with Gasteiger partial charge in [-0.2, -0.15) is 0 Å². The van der Waals surface area contributed by atoms with Gasteiger partial charge in [0.1, 0.15) is 35.1 Å². The number of hydrogen-bond donors (Lipinski definition) is 1. The molecule has 5 rings (SSSR count). The summed E-state index contributed by atoms with van der Waals surface area (Å²) in [4.78, 5) is 4.70. The van der Waals surface area contributed by atoms with Gasteiger partial charge >= 0.3 is 0 Å². The zero-order valence-corrected chi connectivity index (χ0v) is 14.8. The van der Waals surface area contributed by atoms with Crippen LogP contribution in [0, 0.1) is 5.82 Å². The molecule has 1 saturated heterocycles. The van der Waals surface area contributed by atoms with E-state index in [9.17, 15) is 8.78 Å². The molecule has 8 heteroatoms. The fraction of sp³-hybridized carbons (Fsp3) is 0.250. The van der Waals surface area contributed by atoms with E-state index in [4.69, 9.17) is 9.72 Å². The standard InChI is InChI=1S/C20H17F2N5O/c21-13-7-9-27-18(10-13)25-26-20(27)15-5-4-12-2-1-3-17(19(12)24-15)28-16-6-8-23-11-14(16)22/h1-5,7,9-10,14,16,23H,6,8,11H2/t14-,16+/m0/s1. The molecule has 0 spiro atoms. The Morgan fingerprint density at radius 3 is 2.96 bits per heavy atom. The Hall–Kier alpha value is -3.13. The van der Waals surface area contributed by atoms with Crippen LogP contribution >= 0.6 is 0 Å². The number of aromatic nitrogens is 4. The number of piperidine rings is 1. The molecule has 6 nitrogen and oxygen atoms in total. The number of alkyl halides is 1. The number of ether oxygens (including phenoxy) is 1. The first kappa shape index (κ1) is 17.0. The molecule has 0 saturated carbocycles. The van der Waals surface area contributed by atoms with Crippen LogP contribution in [0.25, 0.3) is 28.1 Å². The Morgan fingerprint density at radius 1 is 1.14 bits per heavy atom. The predicted octanol–water partition coefficient (Wildman–Crippen LogP) is 3.16. The van der Waals surface area contributed by atoms with Crippen LogP contribution < -0.4 is 10.1 Å². The molecule has 4 aromatic rings. The van der Waals surface area contributed by atoms with Crippen molar-refractivity contribution in [3.05, 3.63) is 54.5 Å². The molecular formula is C20H17F2N5O. The first-order valence-corrected chi connectivity index (χ1v) is 9.11. The second-order valence-electron chi connectivity index (χ2n) is 6.79. The molecule has 4 heterocycles. The summed E-state index contributed by atoms with van der Waals surface area (Å²) in [6.07, 6.45) is 0.589. The molecule has 1 fully saturated rings. The Morgan fingerprint density at radius 2 is 2.07 bits per heavy atom. The van der Waals surface area contributed by atoms with Gasteiger partial charge in [-0.05, 0) is 31.2 Å². The van der Waals surface area contributed by atoms with Crippen molar-refractivity contribution in [3.63, 3.8) is 0 Å². The van der Waals surface area contributed by atoms with Crippen molar-refractivity contribution in [2.45, 2.75) is 18.7 Å². The lowest BCUT2D eigenvalue weighted by molar-refractivity contribution is 0.0742. The monoisotopic (exact) mass is 381 g/mol. The van der Waals surface area contributed by atoms with Crippen LogP contribution in [0.5, 0.6) is 5.75 Å². The third-order valence-electron chi connectivity index (χ3n) is 4.91. The van der Waals surface area contributed by atoms with Gasteiger partial charge in [-0.15, -0.1) is 10.2 Å². The number of nitrogens with one attached hydrogen (secondary N) is 1. The summed E-state index contributed by atoms with van der Waals surface area (Å²) in [5, 5.41) is 12.1. The van der Waals surface area contributed by atoms with E-state index in [0.717, 1.165) is 11.9 Å². The smallest absolute Gasteiger partial charge is 0.187 e. The van der Waals surface area contributed by atoms with Gasteiger partial charge in [0.15, 0.2) is 11.5 Å². The summed E-state index contributed by atoms with van der Waals surface area (Å²) < 4.78 is 35.3. The topological polar surface area (TPSA) is 64.3 Å². The first-order chi connectivity index (χ1) is 13.7. The zero-order chi connectivity index (χ0) is 19.1. The molecule has 0 amide bonds. The maximum Gasteiger partial charge on any atom is 0.187 e. The molecule has 1 aromatic carbocycles. The molecule has 1 aliphatic heterocycles. The van der Waals surface area contributed by atoms with E-state index in [-0.39, 0.29) is 12.4 Å². The number of para-hydroxylation sites is 1. The lowest BCUT2D eigenvalue weighted by Crippen LogP contribution is -2.44. The second kappa shape index (κ2) is 6.79. The van der Waals surface area contributed by atoms with Crippen molar-refractivity contribution < 1.29 is 13.5 Å². The Kier molecular flexibility index (Phi) is 4.12. The van der Waals surface area contributed by atoms with Crippen LogP contribution in [-0.4, -0.2) is 44.9 Å². The average molecular weight is 381 g/mol. The van der Waals surface area contributed by atoms with Crippen molar-refractivity contribution in [1.29, 1.82) is 0 Å². The fourth-order valence-corrected chi connectivity index (χ4v) is 3.47. The third-order valence-corrected chi connectivity index (χ3v) is 4.91. The van der Waals surface area contributed by atoms with Crippen LogP contribution in [0.3, 0.4) is 0 Å². The highest BCUT2D eigenvalue weighted by atomic mass is 19.1. The van der Waals surface area contributed by atoms with Gasteiger partial charge in [-0.1, -0.05) is 18.2 Å². The summed E-state index contributed by atoms with van der Waals surface area (Å²) in [5.74, 6) is 0.655. The normalized spacial score (nSPS) is 19.9. The number of fused-ring (bicyclic) bond motifs is 2. The number of benzene rings is 1. The maximum atomic E-state index is 14.2. The van der Waals surface area contributed by atoms with Crippen LogP contribution in [0.2, 0.25) is 0 Å². The van der Waals surface area contributed by atoms with E-state index in [1.54, 1.807) is 16.7 Å². The van der Waals surface area contributed by atoms with Gasteiger partial charge in [0.05, 0.1) is 0 Å². The first-order valence-electron chi connectivity index (χ1n) is 9.11. The van der Waals surface area contributed by atoms with E-state index < -0.39 is 12.3 Å². The van der Waals surface area contributed by atoms with Crippen molar-refractivity contribution in [2.24, 2.45) is 0 Å². The highest BCUT2D eigenvalue weighted by Gasteiger charge is 2.27. The largest absolute Gasteiger partial charge is 0.485 e. The molecule has 0 bridgehead atoms. The van der Waals surface area contributed by atoms with Crippen molar-refractivity contribution in [1.82, 2.24) is 24.9 Å². The number of pyridine rings is 2. The lowest BCUT2D eigenvalue weighted by Gasteiger charge is -2.27. The molecule has 0 aliphatic carbocycles. The summed E-state index contributed by atoms with van der Waals surface area (Å²) in [6, 6.07) is 12.0.